The van der Waals surface area contributed by atoms with E-state index < -0.39 is 0 Å². The minimum atomic E-state index is 0.778. The third-order valence-corrected chi connectivity index (χ3v) is 6.41. The van der Waals surface area contributed by atoms with Crippen molar-refractivity contribution in [2.45, 2.75) is 32.6 Å². The van der Waals surface area contributed by atoms with Gasteiger partial charge in [-0.1, -0.05) is 92.6 Å². The fraction of sp³-hybridized carbons (Fsp3) is 0.167. The number of fused-ring (bicyclic) bond motifs is 2. The van der Waals surface area contributed by atoms with E-state index in [-0.39, 0.29) is 0 Å². The van der Waals surface area contributed by atoms with Crippen molar-refractivity contribution in [1.82, 2.24) is 0 Å². The highest BCUT2D eigenvalue weighted by atomic mass is 16.5. The average molecular weight is 483 g/mol. The van der Waals surface area contributed by atoms with Crippen LogP contribution in [-0.4, -0.2) is 6.61 Å². The standard InChI is InChI=1S/C34H30O.C2H4/c1-2-3-4-9-22-35-33-20-15-26(16-21-33)14-17-27-10-7-8-13-34(27)31-19-18-30-23-28-11-5-6-12-29(28)24-32(30)25-31;1-2/h5-8,10-13,15-16,18-21,23-25H,2-4,9,22H2,1H3;1-2H2. The quantitative estimate of drug-likeness (QED) is 0.0970. The molecule has 0 aromatic heterocycles. The maximum atomic E-state index is 5.86. The Morgan fingerprint density at radius 3 is 2.05 bits per heavy atom. The summed E-state index contributed by atoms with van der Waals surface area (Å²) in [7, 11) is 0. The van der Waals surface area contributed by atoms with Gasteiger partial charge in [0.2, 0.25) is 0 Å². The van der Waals surface area contributed by atoms with Gasteiger partial charge in [0, 0.05) is 11.1 Å². The molecule has 0 aliphatic carbocycles. The Morgan fingerprint density at radius 2 is 1.30 bits per heavy atom. The summed E-state index contributed by atoms with van der Waals surface area (Å²) in [6, 6.07) is 36.2. The number of rotatable bonds is 7. The van der Waals surface area contributed by atoms with Crippen LogP contribution in [0.5, 0.6) is 5.75 Å². The molecule has 0 N–H and O–H groups in total. The molecule has 5 aromatic rings. The van der Waals surface area contributed by atoms with Gasteiger partial charge in [0.1, 0.15) is 5.75 Å². The van der Waals surface area contributed by atoms with Crippen molar-refractivity contribution in [2.24, 2.45) is 0 Å². The van der Waals surface area contributed by atoms with Crippen molar-refractivity contribution in [3.8, 4) is 28.7 Å². The Hall–Kier alpha value is -4.28. The van der Waals surface area contributed by atoms with E-state index in [1.807, 2.05) is 24.3 Å². The third kappa shape index (κ3) is 6.69. The topological polar surface area (TPSA) is 9.23 Å². The lowest BCUT2D eigenvalue weighted by atomic mass is 9.96. The van der Waals surface area contributed by atoms with Gasteiger partial charge in [-0.3, -0.25) is 0 Å². The van der Waals surface area contributed by atoms with Crippen LogP contribution < -0.4 is 4.74 Å². The number of ether oxygens (including phenoxy) is 1. The predicted octanol–water partition coefficient (Wildman–Crippen LogP) is 9.82. The van der Waals surface area contributed by atoms with Crippen molar-refractivity contribution in [3.05, 3.63) is 127 Å². The van der Waals surface area contributed by atoms with Gasteiger partial charge in [-0.15, -0.1) is 13.2 Å². The summed E-state index contributed by atoms with van der Waals surface area (Å²) in [5, 5.41) is 5.03. The molecular weight excluding hydrogens is 448 g/mol. The molecule has 0 fully saturated rings. The molecule has 37 heavy (non-hydrogen) atoms. The van der Waals surface area contributed by atoms with Crippen LogP contribution in [0.3, 0.4) is 0 Å². The molecule has 0 aliphatic heterocycles. The SMILES string of the molecule is C=C.CCCCCCOc1ccc(C#Cc2ccccc2-c2ccc3cc4ccccc4cc3c2)cc1. The van der Waals surface area contributed by atoms with Crippen LogP contribution in [0.4, 0.5) is 0 Å². The van der Waals surface area contributed by atoms with Crippen LogP contribution in [-0.2, 0) is 0 Å². The lowest BCUT2D eigenvalue weighted by Gasteiger charge is -2.08. The fourth-order valence-electron chi connectivity index (χ4n) is 4.44. The van der Waals surface area contributed by atoms with Crippen molar-refractivity contribution in [2.75, 3.05) is 6.61 Å². The van der Waals surface area contributed by atoms with Crippen LogP contribution in [0.2, 0.25) is 0 Å². The molecule has 0 amide bonds. The second kappa shape index (κ2) is 13.1. The van der Waals surface area contributed by atoms with Gasteiger partial charge in [0.05, 0.1) is 6.61 Å². The summed E-state index contributed by atoms with van der Waals surface area (Å²) in [6.07, 6.45) is 4.86. The molecular formula is C36H34O. The molecule has 1 nitrogen and oxygen atoms in total. The van der Waals surface area contributed by atoms with Crippen molar-refractivity contribution in [3.63, 3.8) is 0 Å². The Balaban J connectivity index is 0.00000156. The van der Waals surface area contributed by atoms with Gasteiger partial charge < -0.3 is 4.74 Å². The summed E-state index contributed by atoms with van der Waals surface area (Å²) < 4.78 is 5.86. The lowest BCUT2D eigenvalue weighted by Crippen LogP contribution is -1.96. The molecule has 0 radical (unpaired) electrons. The van der Waals surface area contributed by atoms with E-state index in [1.54, 1.807) is 0 Å². The fourth-order valence-corrected chi connectivity index (χ4v) is 4.44. The first-order valence-corrected chi connectivity index (χ1v) is 13.1. The van der Waals surface area contributed by atoms with Crippen molar-refractivity contribution < 1.29 is 4.74 Å². The van der Waals surface area contributed by atoms with Crippen molar-refractivity contribution in [1.29, 1.82) is 0 Å². The van der Waals surface area contributed by atoms with Crippen LogP contribution in [0.25, 0.3) is 32.7 Å². The van der Waals surface area contributed by atoms with E-state index in [1.165, 1.54) is 46.4 Å². The number of unbranched alkanes of at least 4 members (excludes halogenated alkanes) is 3. The number of hydrogen-bond donors (Lipinski definition) is 0. The largest absolute Gasteiger partial charge is 0.494 e. The predicted molar refractivity (Wildman–Crippen MR) is 160 cm³/mol. The highest BCUT2D eigenvalue weighted by Gasteiger charge is 2.05. The Kier molecular flexibility index (Phi) is 9.17. The lowest BCUT2D eigenvalue weighted by molar-refractivity contribution is 0.305. The zero-order valence-corrected chi connectivity index (χ0v) is 21.7. The van der Waals surface area contributed by atoms with Gasteiger partial charge >= 0.3 is 0 Å². The average Bonchev–Trinajstić information content (AvgIpc) is 2.96. The van der Waals surface area contributed by atoms with Gasteiger partial charge in [0.15, 0.2) is 0 Å². The minimum Gasteiger partial charge on any atom is -0.494 e. The maximum Gasteiger partial charge on any atom is 0.119 e. The number of hydrogen-bond acceptors (Lipinski definition) is 1. The smallest absolute Gasteiger partial charge is 0.119 e. The second-order valence-corrected chi connectivity index (χ2v) is 8.99. The molecule has 0 saturated heterocycles. The molecule has 0 bridgehead atoms. The Labute approximate surface area is 221 Å². The van der Waals surface area contributed by atoms with Gasteiger partial charge in [-0.2, -0.15) is 0 Å². The zero-order valence-electron chi connectivity index (χ0n) is 21.7. The molecule has 0 aliphatic rings. The molecule has 5 rings (SSSR count). The minimum absolute atomic E-state index is 0.778. The summed E-state index contributed by atoms with van der Waals surface area (Å²) in [5.41, 5.74) is 4.36. The highest BCUT2D eigenvalue weighted by molar-refractivity contribution is 5.99. The number of benzene rings is 5. The van der Waals surface area contributed by atoms with E-state index >= 15 is 0 Å². The van der Waals surface area contributed by atoms with Gasteiger partial charge in [0.25, 0.3) is 0 Å². The van der Waals surface area contributed by atoms with E-state index in [0.29, 0.717) is 0 Å². The first-order chi connectivity index (χ1) is 18.3. The van der Waals surface area contributed by atoms with Crippen LogP contribution in [0.1, 0.15) is 43.7 Å². The van der Waals surface area contributed by atoms with E-state index in [4.69, 9.17) is 4.74 Å². The molecule has 0 heterocycles. The van der Waals surface area contributed by atoms with E-state index in [9.17, 15) is 0 Å². The first kappa shape index (κ1) is 25.8. The Bertz CT molecular complexity index is 1520. The maximum absolute atomic E-state index is 5.86. The molecule has 1 heteroatoms. The summed E-state index contributed by atoms with van der Waals surface area (Å²) in [4.78, 5) is 0. The zero-order chi connectivity index (χ0) is 25.9. The first-order valence-electron chi connectivity index (χ1n) is 13.1. The third-order valence-electron chi connectivity index (χ3n) is 6.41. The second-order valence-electron chi connectivity index (χ2n) is 8.99. The Morgan fingerprint density at radius 1 is 0.622 bits per heavy atom. The van der Waals surface area contributed by atoms with E-state index in [0.717, 1.165) is 35.5 Å². The highest BCUT2D eigenvalue weighted by Crippen LogP contribution is 2.29. The summed E-state index contributed by atoms with van der Waals surface area (Å²) >= 11 is 0. The van der Waals surface area contributed by atoms with Gasteiger partial charge in [-0.25, -0.2) is 0 Å². The van der Waals surface area contributed by atoms with Gasteiger partial charge in [-0.05, 0) is 87.6 Å². The molecule has 0 spiro atoms. The molecule has 0 saturated carbocycles. The van der Waals surface area contributed by atoms with Crippen molar-refractivity contribution >= 4 is 21.5 Å². The van der Waals surface area contributed by atoms with E-state index in [2.05, 4.69) is 111 Å². The summed E-state index contributed by atoms with van der Waals surface area (Å²) in [6.45, 7) is 9.00. The van der Waals surface area contributed by atoms with Crippen LogP contribution in [0.15, 0.2) is 116 Å². The molecule has 0 unspecified atom stereocenters. The van der Waals surface area contributed by atoms with Crippen LogP contribution in [0, 0.1) is 11.8 Å². The van der Waals surface area contributed by atoms with Crippen LogP contribution >= 0.6 is 0 Å². The summed E-state index contributed by atoms with van der Waals surface area (Å²) in [5.74, 6) is 7.65. The molecule has 0 atom stereocenters. The molecule has 184 valence electrons. The normalized spacial score (nSPS) is 10.3. The monoisotopic (exact) mass is 482 g/mol. The molecule has 5 aromatic carbocycles.